The molecule has 3 rings (SSSR count). The standard InChI is InChI=1S/C22H29N7O/c1-14(2)23-8-9-24-21(30)20-13-19(28-29(20)5)18-6-7-25-22(27-18)26-17-11-15(3)10-16(4)12-17/h6-7,10-14,23H,8-9H2,1-5H3,(H,24,30)(H,25,26,27). The molecule has 0 aliphatic heterocycles. The zero-order valence-electron chi connectivity index (χ0n) is 18.2. The van der Waals surface area contributed by atoms with Gasteiger partial charge in [-0.25, -0.2) is 9.97 Å². The van der Waals surface area contributed by atoms with Gasteiger partial charge in [-0.1, -0.05) is 19.9 Å². The van der Waals surface area contributed by atoms with E-state index in [2.05, 4.69) is 64.8 Å². The molecule has 158 valence electrons. The second-order valence-electron chi connectivity index (χ2n) is 7.67. The quantitative estimate of drug-likeness (QED) is 0.497. The fourth-order valence-corrected chi connectivity index (χ4v) is 3.17. The summed E-state index contributed by atoms with van der Waals surface area (Å²) in [6, 6.07) is 10.1. The van der Waals surface area contributed by atoms with E-state index in [1.54, 1.807) is 30.1 Å². The van der Waals surface area contributed by atoms with Crippen molar-refractivity contribution in [2.45, 2.75) is 33.7 Å². The normalized spacial score (nSPS) is 11.0. The fraction of sp³-hybridized carbons (Fsp3) is 0.364. The largest absolute Gasteiger partial charge is 0.349 e. The molecule has 1 aromatic carbocycles. The highest BCUT2D eigenvalue weighted by atomic mass is 16.2. The topological polar surface area (TPSA) is 96.8 Å². The Labute approximate surface area is 177 Å². The Hall–Kier alpha value is -3.26. The van der Waals surface area contributed by atoms with Crippen molar-refractivity contribution in [1.82, 2.24) is 30.4 Å². The Kier molecular flexibility index (Phi) is 6.79. The molecule has 8 nitrogen and oxygen atoms in total. The summed E-state index contributed by atoms with van der Waals surface area (Å²) in [5, 5.41) is 13.9. The molecule has 3 N–H and O–H groups in total. The van der Waals surface area contributed by atoms with Crippen molar-refractivity contribution in [3.05, 3.63) is 53.3 Å². The molecule has 0 spiro atoms. The number of aromatic nitrogens is 4. The third-order valence-electron chi connectivity index (χ3n) is 4.47. The first-order valence-corrected chi connectivity index (χ1v) is 10.1. The monoisotopic (exact) mass is 407 g/mol. The van der Waals surface area contributed by atoms with E-state index >= 15 is 0 Å². The minimum absolute atomic E-state index is 0.163. The van der Waals surface area contributed by atoms with Gasteiger partial charge in [-0.3, -0.25) is 9.48 Å². The minimum atomic E-state index is -0.163. The van der Waals surface area contributed by atoms with Crippen molar-refractivity contribution in [2.75, 3.05) is 18.4 Å². The highest BCUT2D eigenvalue weighted by molar-refractivity contribution is 5.93. The number of anilines is 2. The summed E-state index contributed by atoms with van der Waals surface area (Å²) in [4.78, 5) is 21.4. The smallest absolute Gasteiger partial charge is 0.269 e. The summed E-state index contributed by atoms with van der Waals surface area (Å²) in [6.45, 7) is 9.51. The summed E-state index contributed by atoms with van der Waals surface area (Å²) in [6.07, 6.45) is 1.68. The first-order chi connectivity index (χ1) is 14.3. The molecule has 2 aromatic heterocycles. The number of hydrogen-bond acceptors (Lipinski definition) is 6. The van der Waals surface area contributed by atoms with Crippen LogP contribution in [-0.4, -0.2) is 44.8 Å². The van der Waals surface area contributed by atoms with E-state index in [0.29, 0.717) is 42.2 Å². The van der Waals surface area contributed by atoms with Gasteiger partial charge in [-0.05, 0) is 49.2 Å². The second-order valence-corrected chi connectivity index (χ2v) is 7.67. The van der Waals surface area contributed by atoms with Gasteiger partial charge >= 0.3 is 0 Å². The first-order valence-electron chi connectivity index (χ1n) is 10.1. The molecule has 0 aliphatic carbocycles. The number of nitrogens with zero attached hydrogens (tertiary/aromatic N) is 4. The summed E-state index contributed by atoms with van der Waals surface area (Å²) in [5.74, 6) is 0.318. The van der Waals surface area contributed by atoms with Gasteiger partial charge in [-0.2, -0.15) is 5.10 Å². The first kappa shape index (κ1) is 21.4. The van der Waals surface area contributed by atoms with Gasteiger partial charge in [0.2, 0.25) is 5.95 Å². The number of rotatable bonds is 8. The van der Waals surface area contributed by atoms with Gasteiger partial charge in [-0.15, -0.1) is 0 Å². The number of amides is 1. The second kappa shape index (κ2) is 9.49. The molecule has 0 saturated heterocycles. The van der Waals surface area contributed by atoms with Crippen LogP contribution in [0.3, 0.4) is 0 Å². The molecule has 0 fully saturated rings. The number of nitrogens with one attached hydrogen (secondary N) is 3. The maximum atomic E-state index is 12.5. The molecule has 0 bridgehead atoms. The van der Waals surface area contributed by atoms with Crippen LogP contribution in [0.25, 0.3) is 11.4 Å². The summed E-state index contributed by atoms with van der Waals surface area (Å²) in [7, 11) is 1.75. The van der Waals surface area contributed by atoms with Crippen LogP contribution in [-0.2, 0) is 7.05 Å². The molecule has 1 amide bonds. The van der Waals surface area contributed by atoms with Crippen molar-refractivity contribution in [3.63, 3.8) is 0 Å². The van der Waals surface area contributed by atoms with Gasteiger partial charge < -0.3 is 16.0 Å². The predicted octanol–water partition coefficient (Wildman–Crippen LogP) is 2.97. The minimum Gasteiger partial charge on any atom is -0.349 e. The van der Waals surface area contributed by atoms with E-state index in [1.165, 1.54) is 0 Å². The lowest BCUT2D eigenvalue weighted by molar-refractivity contribution is 0.0944. The highest BCUT2D eigenvalue weighted by Gasteiger charge is 2.15. The van der Waals surface area contributed by atoms with Crippen molar-refractivity contribution >= 4 is 17.5 Å². The van der Waals surface area contributed by atoms with Gasteiger partial charge in [0.05, 0.1) is 5.69 Å². The Morgan fingerprint density at radius 2 is 1.80 bits per heavy atom. The fourth-order valence-electron chi connectivity index (χ4n) is 3.17. The van der Waals surface area contributed by atoms with E-state index in [9.17, 15) is 4.79 Å². The van der Waals surface area contributed by atoms with Gasteiger partial charge in [0, 0.05) is 38.1 Å². The molecular formula is C22H29N7O. The number of benzene rings is 1. The van der Waals surface area contributed by atoms with Crippen LogP contribution >= 0.6 is 0 Å². The Morgan fingerprint density at radius 1 is 1.07 bits per heavy atom. The van der Waals surface area contributed by atoms with Gasteiger partial charge in [0.25, 0.3) is 5.91 Å². The molecule has 8 heteroatoms. The number of carbonyl (C=O) groups is 1. The number of aryl methyl sites for hydroxylation is 3. The molecule has 0 unspecified atom stereocenters. The molecule has 0 aliphatic rings. The van der Waals surface area contributed by atoms with Crippen LogP contribution in [0.15, 0.2) is 36.5 Å². The number of hydrogen-bond donors (Lipinski definition) is 3. The van der Waals surface area contributed by atoms with Crippen LogP contribution in [0, 0.1) is 13.8 Å². The molecule has 0 radical (unpaired) electrons. The Balaban J connectivity index is 1.73. The van der Waals surface area contributed by atoms with Crippen LogP contribution in [0.1, 0.15) is 35.5 Å². The van der Waals surface area contributed by atoms with Crippen LogP contribution in [0.4, 0.5) is 11.6 Å². The third-order valence-corrected chi connectivity index (χ3v) is 4.47. The molecule has 3 aromatic rings. The van der Waals surface area contributed by atoms with Crippen LogP contribution in [0.5, 0.6) is 0 Å². The van der Waals surface area contributed by atoms with Crippen molar-refractivity contribution in [1.29, 1.82) is 0 Å². The SMILES string of the molecule is Cc1cc(C)cc(Nc2nccc(-c3cc(C(=O)NCCNC(C)C)n(C)n3)n2)c1. The summed E-state index contributed by atoms with van der Waals surface area (Å²) >= 11 is 0. The molecular weight excluding hydrogens is 378 g/mol. The van der Waals surface area contributed by atoms with E-state index in [1.807, 2.05) is 12.1 Å². The molecule has 30 heavy (non-hydrogen) atoms. The predicted molar refractivity (Wildman–Crippen MR) is 119 cm³/mol. The lowest BCUT2D eigenvalue weighted by Crippen LogP contribution is -2.35. The zero-order valence-corrected chi connectivity index (χ0v) is 18.2. The zero-order chi connectivity index (χ0) is 21.7. The highest BCUT2D eigenvalue weighted by Crippen LogP contribution is 2.21. The maximum Gasteiger partial charge on any atom is 0.269 e. The molecule has 0 saturated carbocycles. The molecule has 2 heterocycles. The van der Waals surface area contributed by atoms with E-state index in [-0.39, 0.29) is 5.91 Å². The van der Waals surface area contributed by atoms with Crippen LogP contribution < -0.4 is 16.0 Å². The van der Waals surface area contributed by atoms with E-state index in [4.69, 9.17) is 0 Å². The van der Waals surface area contributed by atoms with Crippen LogP contribution in [0.2, 0.25) is 0 Å². The summed E-state index contributed by atoms with van der Waals surface area (Å²) in [5.41, 5.74) is 5.01. The average Bonchev–Trinajstić information content (AvgIpc) is 3.06. The summed E-state index contributed by atoms with van der Waals surface area (Å²) < 4.78 is 1.57. The van der Waals surface area contributed by atoms with Crippen molar-refractivity contribution in [3.8, 4) is 11.4 Å². The van der Waals surface area contributed by atoms with Gasteiger partial charge in [0.1, 0.15) is 11.4 Å². The van der Waals surface area contributed by atoms with Crippen molar-refractivity contribution < 1.29 is 4.79 Å². The van der Waals surface area contributed by atoms with Crippen molar-refractivity contribution in [2.24, 2.45) is 7.05 Å². The lowest BCUT2D eigenvalue weighted by Gasteiger charge is -2.08. The average molecular weight is 408 g/mol. The third kappa shape index (κ3) is 5.64. The van der Waals surface area contributed by atoms with Gasteiger partial charge in [0.15, 0.2) is 0 Å². The Morgan fingerprint density at radius 3 is 2.50 bits per heavy atom. The number of carbonyl (C=O) groups excluding carboxylic acids is 1. The Bertz CT molecular complexity index is 1010. The molecule has 0 atom stereocenters. The lowest BCUT2D eigenvalue weighted by atomic mass is 10.1. The van der Waals surface area contributed by atoms with E-state index in [0.717, 1.165) is 16.8 Å². The van der Waals surface area contributed by atoms with E-state index < -0.39 is 0 Å². The maximum absolute atomic E-state index is 12.5.